The summed E-state index contributed by atoms with van der Waals surface area (Å²) in [6, 6.07) is 66.5. The molecule has 0 saturated carbocycles. The van der Waals surface area contributed by atoms with E-state index in [-0.39, 0.29) is 138 Å². The molecule has 144 heavy (non-hydrogen) atoms. The van der Waals surface area contributed by atoms with Gasteiger partial charge in [0.25, 0.3) is 35.4 Å². The van der Waals surface area contributed by atoms with Crippen molar-refractivity contribution < 1.29 is 86.0 Å². The SMILES string of the molecule is CCCCCCCCOC(=O)CN(C)C(=O)c1cc2c#cc3cc(C(=O)N(C)CC(=O)OCCCCCCCC)cc(c#cc4cc(C(=O)N(C)CC(=O)OCCCCCCCC)cc(c#cc5cc(C(=O)N(C)CC(=O)OCCCCCCCC)cc(c#cc6cc(C(=O)N(C)CC(=O)OCCCCCCCC)cc(c#cc7cc(C(=O)N(C)CC(=O)OCCCCCCCC)cc(c#cc(c1)c2)c7)c6)c5)c4)c3. The average molecular weight is 1960 g/mol. The number of benzene rings is 6. The summed E-state index contributed by atoms with van der Waals surface area (Å²) >= 11 is 0. The third-order valence-electron chi connectivity index (χ3n) is 24.0. The quantitative estimate of drug-likeness (QED) is 0.0194. The summed E-state index contributed by atoms with van der Waals surface area (Å²) in [6.45, 7) is 11.5. The molecule has 0 atom stereocenters. The Balaban J connectivity index is 1.58. The number of rotatable bonds is 60. The third kappa shape index (κ3) is 45.3. The molecule has 0 aliphatic carbocycles. The first-order valence-corrected chi connectivity index (χ1v) is 52.1. The normalized spacial score (nSPS) is 10.6. The van der Waals surface area contributed by atoms with Crippen LogP contribution >= 0.6 is 0 Å². The van der Waals surface area contributed by atoms with E-state index in [4.69, 9.17) is 28.4 Å². The number of fused-ring (bicyclic) bond motifs is 12. The summed E-state index contributed by atoms with van der Waals surface area (Å²) < 4.78 is 33.8. The molecule has 24 nitrogen and oxygen atoms in total. The molecule has 12 bridgehead atoms. The highest BCUT2D eigenvalue weighted by molar-refractivity contribution is 6.03. The minimum absolute atomic E-state index is 0.0633. The van der Waals surface area contributed by atoms with Gasteiger partial charge in [-0.2, -0.15) is 0 Å². The molecule has 7 aromatic carbocycles. The minimum Gasteiger partial charge on any atom is -0.464 e. The van der Waals surface area contributed by atoms with Gasteiger partial charge in [-0.05, 0) is 148 Å². The molecular weight excluding hydrogens is 1810 g/mol. The van der Waals surface area contributed by atoms with Gasteiger partial charge in [-0.3, -0.25) is 57.5 Å². The summed E-state index contributed by atoms with van der Waals surface area (Å²) in [6.07, 6.45) is 34.8. The maximum absolute atomic E-state index is 14.9. The van der Waals surface area contributed by atoms with Crippen LogP contribution < -0.4 is 0 Å². The Morgan fingerprint density at radius 2 is 0.271 bits per heavy atom. The lowest BCUT2D eigenvalue weighted by Gasteiger charge is -2.16. The van der Waals surface area contributed by atoms with Gasteiger partial charge in [-0.15, -0.1) is 0 Å². The van der Waals surface area contributed by atoms with Gasteiger partial charge >= 0.3 is 35.8 Å². The van der Waals surface area contributed by atoms with Crippen molar-refractivity contribution in [1.29, 1.82) is 0 Å². The molecule has 0 N–H and O–H groups in total. The lowest BCUT2D eigenvalue weighted by atomic mass is 10.1. The van der Waals surface area contributed by atoms with E-state index in [1.807, 2.05) is 0 Å². The van der Waals surface area contributed by atoms with Gasteiger partial charge in [0.05, 0.1) is 39.6 Å². The molecule has 0 radical (unpaired) electrons. The summed E-state index contributed by atoms with van der Waals surface area (Å²) in [4.78, 5) is 178. The van der Waals surface area contributed by atoms with Crippen LogP contribution in [0.5, 0.6) is 0 Å². The second kappa shape index (κ2) is 67.0. The Morgan fingerprint density at radius 1 is 0.167 bits per heavy atom. The monoisotopic (exact) mass is 1960 g/mol. The van der Waals surface area contributed by atoms with Gasteiger partial charge in [0, 0.05) is 140 Å². The van der Waals surface area contributed by atoms with Crippen molar-refractivity contribution in [2.24, 2.45) is 0 Å². The number of hydrogen-bond donors (Lipinski definition) is 0. The van der Waals surface area contributed by atoms with Crippen LogP contribution in [-0.2, 0) is 57.2 Å². The maximum Gasteiger partial charge on any atom is 0.325 e. The lowest BCUT2D eigenvalue weighted by molar-refractivity contribution is -0.145. The number of ether oxygens (including phenoxy) is 6. The first-order chi connectivity index (χ1) is 69.6. The van der Waals surface area contributed by atoms with Crippen molar-refractivity contribution in [2.75, 3.05) is 121 Å². The van der Waals surface area contributed by atoms with Gasteiger partial charge < -0.3 is 57.8 Å². The fraction of sp³-hybridized carbons (Fsp3) is 0.500. The van der Waals surface area contributed by atoms with Gasteiger partial charge in [0.2, 0.25) is 0 Å². The van der Waals surface area contributed by atoms with E-state index in [2.05, 4.69) is 114 Å². The molecule has 0 aliphatic rings. The number of carbonyl (C=O) groups is 12. The van der Waals surface area contributed by atoms with Crippen LogP contribution in [0, 0.1) is 72.8 Å². The Bertz CT molecular complexity index is 4640. The van der Waals surface area contributed by atoms with Crippen molar-refractivity contribution in [1.82, 2.24) is 29.4 Å². The van der Waals surface area contributed by atoms with Crippen molar-refractivity contribution in [3.63, 3.8) is 0 Å². The first kappa shape index (κ1) is 117. The zero-order chi connectivity index (χ0) is 104. The Kier molecular flexibility index (Phi) is 54.5. The third-order valence-corrected chi connectivity index (χ3v) is 24.0. The van der Waals surface area contributed by atoms with Crippen LogP contribution in [0.2, 0.25) is 0 Å². The van der Waals surface area contributed by atoms with Crippen molar-refractivity contribution in [3.8, 4) is 0 Å². The average Bonchev–Trinajstić information content (AvgIpc) is 0.817. The first-order valence-electron chi connectivity index (χ1n) is 52.1. The van der Waals surface area contributed by atoms with E-state index in [1.165, 1.54) is 144 Å². The molecule has 0 fully saturated rings. The largest absolute Gasteiger partial charge is 0.464 e. The van der Waals surface area contributed by atoms with Crippen LogP contribution in [0.25, 0.3) is 64.6 Å². The Morgan fingerprint density at radius 3 is 0.382 bits per heavy atom. The molecule has 0 aliphatic heterocycles. The van der Waals surface area contributed by atoms with Crippen LogP contribution in [-0.4, -0.2) is 222 Å². The molecule has 768 valence electrons. The zero-order valence-electron chi connectivity index (χ0n) is 87.4. The number of hydrogen-bond acceptors (Lipinski definition) is 18. The summed E-state index contributed by atoms with van der Waals surface area (Å²) in [5.74, 6) is -7.26. The Labute approximate surface area is 855 Å². The molecule has 7 aromatic rings. The number of likely N-dealkylation sites (N-methyl/N-ethyl adjacent to an activating group) is 6. The van der Waals surface area contributed by atoms with Crippen LogP contribution in [0.15, 0.2) is 109 Å². The van der Waals surface area contributed by atoms with Gasteiger partial charge in [0.1, 0.15) is 39.3 Å². The fourth-order valence-corrected chi connectivity index (χ4v) is 15.8. The number of nitrogens with zero attached hydrogens (tertiary/aromatic N) is 6. The van der Waals surface area contributed by atoms with Crippen LogP contribution in [0.3, 0.4) is 0 Å². The lowest BCUT2D eigenvalue weighted by Crippen LogP contribution is -2.33. The van der Waals surface area contributed by atoms with Crippen molar-refractivity contribution in [3.05, 3.63) is 215 Å². The summed E-state index contributed by atoms with van der Waals surface area (Å²) in [5.41, 5.74) is 0.380. The van der Waals surface area contributed by atoms with E-state index in [1.54, 1.807) is 36.4 Å². The van der Waals surface area contributed by atoms with Crippen molar-refractivity contribution >= 4 is 136 Å². The number of esters is 6. The standard InChI is InChI=1S/C120H150N6O18/c1-13-19-25-31-37-43-61-139-109(127)85-121(7)115(133)103-73-91-49-51-93-68-95(77-104(75-93)116(134)122(8)86-110(128)140-62-44-38-32-26-20-14-2)53-55-97-70-99(81-106(79-97)118(136)124(10)88-112(130)142-64-46-40-34-28-22-16-4)57-59-101-72-102(84-108(83-101)120(138)126(12)90-114(132)144-66-48-42-36-30-24-18-6)60-58-100-71-98(80-107(82-100)119(137)125(11)89-113(131)143-65-47-41-35-29-23-17-5)56-54-96-69-94(52-50-92(67-91)74-103)76-105(78-96)117(135)123(9)87-111(129)141-63-45-39-33-27-21-15-3/h67-84H,13-48,61-66,85-90H2,1-12H3. The predicted octanol–water partition coefficient (Wildman–Crippen LogP) is 23.1. The number of unbranched alkanes of at least 4 members (excludes halogenated alkanes) is 30. The molecule has 0 spiro atoms. The highest BCUT2D eigenvalue weighted by Crippen LogP contribution is 2.23. The minimum atomic E-state index is -0.615. The van der Waals surface area contributed by atoms with E-state index < -0.39 is 111 Å². The molecule has 0 saturated heterocycles. The summed E-state index contributed by atoms with van der Waals surface area (Å²) in [5, 5.41) is 2.86. The zero-order valence-corrected chi connectivity index (χ0v) is 87.4. The van der Waals surface area contributed by atoms with E-state index in [0.717, 1.165) is 193 Å². The van der Waals surface area contributed by atoms with Gasteiger partial charge in [-0.1, -0.05) is 307 Å². The molecule has 6 amide bonds. The van der Waals surface area contributed by atoms with E-state index in [9.17, 15) is 57.5 Å². The molecule has 24 heteroatoms. The topological polar surface area (TPSA) is 280 Å². The van der Waals surface area contributed by atoms with Gasteiger partial charge in [0.15, 0.2) is 0 Å². The molecule has 0 heterocycles. The Hall–Kier alpha value is -13.7. The number of carbonyl (C=O) groups excluding carboxylic acids is 12. The van der Waals surface area contributed by atoms with E-state index >= 15 is 0 Å². The fourth-order valence-electron chi connectivity index (χ4n) is 15.8. The highest BCUT2D eigenvalue weighted by atomic mass is 16.6. The highest BCUT2D eigenvalue weighted by Gasteiger charge is 2.24. The van der Waals surface area contributed by atoms with Crippen LogP contribution in [0.1, 0.15) is 335 Å². The number of amides is 6. The second-order valence-electron chi connectivity index (χ2n) is 37.2. The smallest absolute Gasteiger partial charge is 0.325 e. The van der Waals surface area contributed by atoms with E-state index in [0.29, 0.717) is 38.5 Å². The second-order valence-corrected chi connectivity index (χ2v) is 37.2. The molecule has 0 aromatic heterocycles. The molecular formula is C120H150N6O18. The molecule has 7 rings (SSSR count). The summed E-state index contributed by atoms with van der Waals surface area (Å²) in [7, 11) is 8.83. The predicted molar refractivity (Wildman–Crippen MR) is 565 cm³/mol. The van der Waals surface area contributed by atoms with Crippen molar-refractivity contribution in [2.45, 2.75) is 273 Å². The van der Waals surface area contributed by atoms with Crippen LogP contribution in [0.4, 0.5) is 0 Å². The maximum atomic E-state index is 14.9. The molecule has 0 unspecified atom stereocenters. The van der Waals surface area contributed by atoms with Gasteiger partial charge in [-0.25, -0.2) is 0 Å².